The molecule has 0 aromatic heterocycles. The van der Waals surface area contributed by atoms with Crippen LogP contribution in [-0.4, -0.2) is 19.4 Å². The molecule has 1 saturated heterocycles. The summed E-state index contributed by atoms with van der Waals surface area (Å²) in [6.07, 6.45) is 0.907. The van der Waals surface area contributed by atoms with Crippen LogP contribution in [0, 0.1) is 11.3 Å². The number of carbonyl (C=O) groups excluding carboxylic acids is 1. The molecule has 0 amide bonds. The van der Waals surface area contributed by atoms with Crippen LogP contribution < -0.4 is 4.90 Å². The molecule has 1 aliphatic rings. The summed E-state index contributed by atoms with van der Waals surface area (Å²) in [5, 5.41) is 0. The van der Waals surface area contributed by atoms with Gasteiger partial charge in [0.15, 0.2) is 0 Å². The van der Waals surface area contributed by atoms with E-state index in [1.54, 1.807) is 0 Å². The first-order valence-corrected chi connectivity index (χ1v) is 5.81. The third-order valence-electron chi connectivity index (χ3n) is 3.48. The van der Waals surface area contributed by atoms with E-state index < -0.39 is 0 Å². The molecule has 1 aromatic rings. The highest BCUT2D eigenvalue weighted by Crippen LogP contribution is 2.36. The molecule has 0 unspecified atom stereocenters. The van der Waals surface area contributed by atoms with Gasteiger partial charge in [0, 0.05) is 24.3 Å². The van der Waals surface area contributed by atoms with E-state index in [9.17, 15) is 4.79 Å². The Morgan fingerprint density at radius 3 is 2.56 bits per heavy atom. The van der Waals surface area contributed by atoms with Gasteiger partial charge in [0.2, 0.25) is 0 Å². The first-order chi connectivity index (χ1) is 7.50. The van der Waals surface area contributed by atoms with E-state index in [0.29, 0.717) is 5.41 Å². The highest BCUT2D eigenvalue weighted by Gasteiger charge is 2.35. The van der Waals surface area contributed by atoms with Crippen molar-refractivity contribution < 1.29 is 4.79 Å². The van der Waals surface area contributed by atoms with Gasteiger partial charge in [-0.05, 0) is 23.5 Å². The minimum atomic E-state index is 0.388. The Bertz CT molecular complexity index is 386. The minimum Gasteiger partial charge on any atom is -0.371 e. The van der Waals surface area contributed by atoms with Crippen molar-refractivity contribution in [3.8, 4) is 0 Å². The highest BCUT2D eigenvalue weighted by molar-refractivity contribution is 5.77. The molecule has 1 heterocycles. The molecule has 0 spiro atoms. The normalized spacial score (nSPS) is 17.1. The molecule has 1 aromatic carbocycles. The van der Waals surface area contributed by atoms with Gasteiger partial charge >= 0.3 is 0 Å². The molecule has 2 nitrogen and oxygen atoms in total. The summed E-state index contributed by atoms with van der Waals surface area (Å²) in [6.45, 7) is 9.07. The quantitative estimate of drug-likeness (QED) is 0.710. The fourth-order valence-electron chi connectivity index (χ4n) is 2.03. The first kappa shape index (κ1) is 11.2. The monoisotopic (exact) mass is 217 g/mol. The van der Waals surface area contributed by atoms with E-state index >= 15 is 0 Å². The lowest BCUT2D eigenvalue weighted by Crippen LogP contribution is -2.52. The first-order valence-electron chi connectivity index (χ1n) is 5.81. The number of carbonyl (C=O) groups is 1. The predicted molar refractivity (Wildman–Crippen MR) is 67.0 cm³/mol. The summed E-state index contributed by atoms with van der Waals surface area (Å²) < 4.78 is 0. The predicted octanol–water partition coefficient (Wildman–Crippen LogP) is 2.98. The van der Waals surface area contributed by atoms with Crippen LogP contribution in [0.4, 0.5) is 5.69 Å². The summed E-state index contributed by atoms with van der Waals surface area (Å²) >= 11 is 0. The van der Waals surface area contributed by atoms with Crippen LogP contribution in [0.5, 0.6) is 0 Å². The SMILES string of the molecule is CC(C)(C)C1CN(c2cccc(C=O)c2)C1. The molecule has 86 valence electrons. The van der Waals surface area contributed by atoms with Crippen molar-refractivity contribution >= 4 is 12.0 Å². The standard InChI is InChI=1S/C14H19NO/c1-14(2,3)12-8-15(9-12)13-6-4-5-11(7-13)10-16/h4-7,10,12H,8-9H2,1-3H3. The third-order valence-corrected chi connectivity index (χ3v) is 3.48. The Hall–Kier alpha value is -1.31. The van der Waals surface area contributed by atoms with Gasteiger partial charge in [0.05, 0.1) is 0 Å². The molecule has 2 rings (SSSR count). The second-order valence-corrected chi connectivity index (χ2v) is 5.68. The number of hydrogen-bond acceptors (Lipinski definition) is 2. The molecule has 0 N–H and O–H groups in total. The van der Waals surface area contributed by atoms with Gasteiger partial charge < -0.3 is 4.90 Å². The lowest BCUT2D eigenvalue weighted by Gasteiger charge is -2.47. The number of benzene rings is 1. The number of rotatable bonds is 2. The average Bonchev–Trinajstić information content (AvgIpc) is 2.13. The summed E-state index contributed by atoms with van der Waals surface area (Å²) in [5.74, 6) is 0.757. The largest absolute Gasteiger partial charge is 0.371 e. The van der Waals surface area contributed by atoms with Crippen LogP contribution in [0.3, 0.4) is 0 Å². The third kappa shape index (κ3) is 2.11. The van der Waals surface area contributed by atoms with Crippen LogP contribution in [0.25, 0.3) is 0 Å². The molecule has 0 radical (unpaired) electrons. The maximum Gasteiger partial charge on any atom is 0.150 e. The Morgan fingerprint density at radius 2 is 2.00 bits per heavy atom. The molecule has 0 atom stereocenters. The number of hydrogen-bond donors (Lipinski definition) is 0. The Balaban J connectivity index is 2.04. The Kier molecular flexibility index (Phi) is 2.75. The number of nitrogens with zero attached hydrogens (tertiary/aromatic N) is 1. The zero-order valence-corrected chi connectivity index (χ0v) is 10.2. The van der Waals surface area contributed by atoms with Crippen molar-refractivity contribution in [1.82, 2.24) is 0 Å². The van der Waals surface area contributed by atoms with E-state index in [-0.39, 0.29) is 0 Å². The molecule has 0 bridgehead atoms. The van der Waals surface area contributed by atoms with Gasteiger partial charge in [0.1, 0.15) is 6.29 Å². The molecule has 1 aliphatic heterocycles. The number of aldehydes is 1. The molecule has 0 saturated carbocycles. The summed E-state index contributed by atoms with van der Waals surface area (Å²) in [5.41, 5.74) is 2.32. The topological polar surface area (TPSA) is 20.3 Å². The van der Waals surface area contributed by atoms with Gasteiger partial charge in [-0.25, -0.2) is 0 Å². The van der Waals surface area contributed by atoms with Crippen molar-refractivity contribution in [2.45, 2.75) is 20.8 Å². The summed E-state index contributed by atoms with van der Waals surface area (Å²) in [6, 6.07) is 7.83. The van der Waals surface area contributed by atoms with E-state index in [1.165, 1.54) is 5.69 Å². The van der Waals surface area contributed by atoms with Crippen LogP contribution in [-0.2, 0) is 0 Å². The maximum absolute atomic E-state index is 10.7. The summed E-state index contributed by atoms with van der Waals surface area (Å²) in [4.78, 5) is 13.0. The van der Waals surface area contributed by atoms with Crippen LogP contribution in [0.2, 0.25) is 0 Å². The average molecular weight is 217 g/mol. The molecular weight excluding hydrogens is 198 g/mol. The molecule has 0 aliphatic carbocycles. The molecule has 1 fully saturated rings. The zero-order valence-electron chi connectivity index (χ0n) is 10.2. The van der Waals surface area contributed by atoms with Crippen molar-refractivity contribution in [2.75, 3.05) is 18.0 Å². The molecule has 2 heteroatoms. The second kappa shape index (κ2) is 3.93. The summed E-state index contributed by atoms with van der Waals surface area (Å²) in [7, 11) is 0. The zero-order chi connectivity index (χ0) is 11.8. The van der Waals surface area contributed by atoms with Crippen LogP contribution >= 0.6 is 0 Å². The van der Waals surface area contributed by atoms with E-state index in [1.807, 2.05) is 18.2 Å². The van der Waals surface area contributed by atoms with Gasteiger partial charge in [-0.3, -0.25) is 4.79 Å². The van der Waals surface area contributed by atoms with Crippen molar-refractivity contribution in [3.05, 3.63) is 29.8 Å². The van der Waals surface area contributed by atoms with E-state index in [2.05, 4.69) is 31.7 Å². The van der Waals surface area contributed by atoms with E-state index in [0.717, 1.165) is 30.9 Å². The Labute approximate surface area is 97.3 Å². The smallest absolute Gasteiger partial charge is 0.150 e. The van der Waals surface area contributed by atoms with Crippen molar-refractivity contribution in [1.29, 1.82) is 0 Å². The fraction of sp³-hybridized carbons (Fsp3) is 0.500. The van der Waals surface area contributed by atoms with Gasteiger partial charge in [-0.1, -0.05) is 32.9 Å². The lowest BCUT2D eigenvalue weighted by molar-refractivity contribution is 0.112. The number of anilines is 1. The van der Waals surface area contributed by atoms with E-state index in [4.69, 9.17) is 0 Å². The maximum atomic E-state index is 10.7. The lowest BCUT2D eigenvalue weighted by atomic mass is 9.76. The van der Waals surface area contributed by atoms with Gasteiger partial charge in [-0.2, -0.15) is 0 Å². The highest BCUT2D eigenvalue weighted by atomic mass is 16.1. The molecule has 16 heavy (non-hydrogen) atoms. The van der Waals surface area contributed by atoms with Crippen molar-refractivity contribution in [3.63, 3.8) is 0 Å². The second-order valence-electron chi connectivity index (χ2n) is 5.68. The molecular formula is C14H19NO. The minimum absolute atomic E-state index is 0.388. The fourth-order valence-corrected chi connectivity index (χ4v) is 2.03. The van der Waals surface area contributed by atoms with Gasteiger partial charge in [0.25, 0.3) is 0 Å². The Morgan fingerprint density at radius 1 is 1.31 bits per heavy atom. The van der Waals surface area contributed by atoms with Crippen LogP contribution in [0.15, 0.2) is 24.3 Å². The van der Waals surface area contributed by atoms with Gasteiger partial charge in [-0.15, -0.1) is 0 Å². The van der Waals surface area contributed by atoms with Crippen molar-refractivity contribution in [2.24, 2.45) is 11.3 Å². The van der Waals surface area contributed by atoms with Crippen LogP contribution in [0.1, 0.15) is 31.1 Å².